The minimum atomic E-state index is -2.45. The van der Waals surface area contributed by atoms with Gasteiger partial charge in [-0.05, 0) is 7.05 Å². The van der Waals surface area contributed by atoms with Gasteiger partial charge in [0, 0.05) is 17.9 Å². The number of hydrogen-bond acceptors (Lipinski definition) is 1. The molecule has 0 spiro atoms. The average Bonchev–Trinajstić information content (AvgIpc) is 2.13. The second-order valence-corrected chi connectivity index (χ2v) is 3.45. The lowest BCUT2D eigenvalue weighted by Crippen LogP contribution is -2.13. The van der Waals surface area contributed by atoms with Crippen molar-refractivity contribution in [3.8, 4) is 0 Å². The van der Waals surface area contributed by atoms with Crippen molar-refractivity contribution >= 4 is 0 Å². The standard InChI is InChI=1S/C7H13F2N/c1-6(2)5(4-10-3)7(6,8)9/h5,10H,4H2,1-3H3. The summed E-state index contributed by atoms with van der Waals surface area (Å²) in [5.74, 6) is -2.92. The summed E-state index contributed by atoms with van der Waals surface area (Å²) < 4.78 is 25.4. The molecule has 1 nitrogen and oxygen atoms in total. The van der Waals surface area contributed by atoms with Crippen molar-refractivity contribution in [2.45, 2.75) is 19.8 Å². The Balaban J connectivity index is 2.54. The topological polar surface area (TPSA) is 12.0 Å². The van der Waals surface area contributed by atoms with E-state index in [9.17, 15) is 8.78 Å². The predicted octanol–water partition coefficient (Wildman–Crippen LogP) is 1.50. The van der Waals surface area contributed by atoms with Crippen LogP contribution in [0.25, 0.3) is 0 Å². The molecule has 0 radical (unpaired) electrons. The highest BCUT2D eigenvalue weighted by Gasteiger charge is 2.74. The van der Waals surface area contributed by atoms with Crippen molar-refractivity contribution in [1.82, 2.24) is 5.32 Å². The molecule has 0 amide bonds. The molecule has 0 aromatic heterocycles. The first kappa shape index (κ1) is 7.92. The third-order valence-corrected chi connectivity index (χ3v) is 2.49. The number of alkyl halides is 2. The quantitative estimate of drug-likeness (QED) is 0.627. The van der Waals surface area contributed by atoms with Gasteiger partial charge in [0.1, 0.15) is 0 Å². The second-order valence-electron chi connectivity index (χ2n) is 3.45. The summed E-state index contributed by atoms with van der Waals surface area (Å²) in [4.78, 5) is 0. The van der Waals surface area contributed by atoms with Gasteiger partial charge in [-0.15, -0.1) is 0 Å². The Bertz CT molecular complexity index is 129. The minimum absolute atomic E-state index is 0.417. The fourth-order valence-corrected chi connectivity index (χ4v) is 1.34. The molecule has 3 heteroatoms. The molecule has 1 rings (SSSR count). The molecule has 10 heavy (non-hydrogen) atoms. The number of nitrogens with one attached hydrogen (secondary N) is 1. The van der Waals surface area contributed by atoms with Gasteiger partial charge in [-0.3, -0.25) is 0 Å². The number of rotatable bonds is 2. The van der Waals surface area contributed by atoms with Gasteiger partial charge in [0.25, 0.3) is 5.92 Å². The van der Waals surface area contributed by atoms with Crippen LogP contribution in [0.3, 0.4) is 0 Å². The van der Waals surface area contributed by atoms with Crippen LogP contribution in [0.4, 0.5) is 8.78 Å². The molecule has 0 saturated heterocycles. The van der Waals surface area contributed by atoms with Crippen LogP contribution in [-0.4, -0.2) is 19.5 Å². The highest BCUT2D eigenvalue weighted by Crippen LogP contribution is 2.64. The molecule has 1 aliphatic rings. The van der Waals surface area contributed by atoms with E-state index in [1.165, 1.54) is 0 Å². The summed E-state index contributed by atoms with van der Waals surface area (Å²) in [6, 6.07) is 0. The van der Waals surface area contributed by atoms with E-state index in [4.69, 9.17) is 0 Å². The molecule has 60 valence electrons. The molecular weight excluding hydrogens is 136 g/mol. The maximum absolute atomic E-state index is 12.7. The van der Waals surface area contributed by atoms with E-state index in [1.807, 2.05) is 0 Å². The van der Waals surface area contributed by atoms with E-state index in [1.54, 1.807) is 20.9 Å². The third-order valence-electron chi connectivity index (χ3n) is 2.49. The Labute approximate surface area is 59.8 Å². The number of halogens is 2. The maximum Gasteiger partial charge on any atom is 0.258 e. The molecule has 1 atom stereocenters. The zero-order valence-corrected chi connectivity index (χ0v) is 6.54. The molecule has 0 aliphatic heterocycles. The van der Waals surface area contributed by atoms with Crippen molar-refractivity contribution in [2.24, 2.45) is 11.3 Å². The van der Waals surface area contributed by atoms with Gasteiger partial charge in [-0.2, -0.15) is 0 Å². The van der Waals surface area contributed by atoms with Crippen LogP contribution in [0.15, 0.2) is 0 Å². The van der Waals surface area contributed by atoms with Gasteiger partial charge >= 0.3 is 0 Å². The first-order valence-corrected chi connectivity index (χ1v) is 3.47. The van der Waals surface area contributed by atoms with Crippen molar-refractivity contribution in [3.63, 3.8) is 0 Å². The molecule has 1 N–H and O–H groups in total. The summed E-state index contributed by atoms with van der Waals surface area (Å²) >= 11 is 0. The molecule has 0 aromatic carbocycles. The zero-order valence-electron chi connectivity index (χ0n) is 6.54. The molecule has 0 heterocycles. The summed E-state index contributed by atoms with van der Waals surface area (Å²) in [5, 5.41) is 2.76. The normalized spacial score (nSPS) is 33.9. The summed E-state index contributed by atoms with van der Waals surface area (Å²) in [7, 11) is 1.70. The van der Waals surface area contributed by atoms with Crippen molar-refractivity contribution < 1.29 is 8.78 Å². The number of hydrogen-bond donors (Lipinski definition) is 1. The lowest BCUT2D eigenvalue weighted by Gasteiger charge is -1.96. The molecule has 1 unspecified atom stereocenters. The molecule has 0 aromatic rings. The van der Waals surface area contributed by atoms with Gasteiger partial charge in [0.2, 0.25) is 0 Å². The van der Waals surface area contributed by atoms with E-state index in [-0.39, 0.29) is 0 Å². The third kappa shape index (κ3) is 0.764. The Morgan fingerprint density at radius 3 is 1.90 bits per heavy atom. The molecule has 1 fully saturated rings. The van der Waals surface area contributed by atoms with Gasteiger partial charge in [0.15, 0.2) is 0 Å². The van der Waals surface area contributed by atoms with Crippen LogP contribution in [0, 0.1) is 11.3 Å². The maximum atomic E-state index is 12.7. The summed E-state index contributed by atoms with van der Waals surface area (Å²) in [6.45, 7) is 3.63. The molecule has 1 aliphatic carbocycles. The minimum Gasteiger partial charge on any atom is -0.319 e. The van der Waals surface area contributed by atoms with E-state index < -0.39 is 17.3 Å². The second kappa shape index (κ2) is 1.91. The van der Waals surface area contributed by atoms with E-state index >= 15 is 0 Å². The monoisotopic (exact) mass is 149 g/mol. The van der Waals surface area contributed by atoms with Gasteiger partial charge in [-0.25, -0.2) is 8.78 Å². The highest BCUT2D eigenvalue weighted by atomic mass is 19.3. The molecular formula is C7H13F2N. The Kier molecular flexibility index (Phi) is 1.51. The van der Waals surface area contributed by atoms with Crippen LogP contribution in [0.1, 0.15) is 13.8 Å². The first-order chi connectivity index (χ1) is 4.44. The van der Waals surface area contributed by atoms with Gasteiger partial charge in [-0.1, -0.05) is 13.8 Å². The smallest absolute Gasteiger partial charge is 0.258 e. The van der Waals surface area contributed by atoms with E-state index in [0.29, 0.717) is 6.54 Å². The van der Waals surface area contributed by atoms with Crippen LogP contribution < -0.4 is 5.32 Å². The SMILES string of the molecule is CNCC1C(C)(C)C1(F)F. The van der Waals surface area contributed by atoms with Crippen molar-refractivity contribution in [1.29, 1.82) is 0 Å². The van der Waals surface area contributed by atoms with E-state index in [0.717, 1.165) is 0 Å². The fourth-order valence-electron chi connectivity index (χ4n) is 1.34. The fraction of sp³-hybridized carbons (Fsp3) is 1.00. The molecule has 0 bridgehead atoms. The average molecular weight is 149 g/mol. The van der Waals surface area contributed by atoms with Crippen LogP contribution in [-0.2, 0) is 0 Å². The Morgan fingerprint density at radius 1 is 1.40 bits per heavy atom. The first-order valence-electron chi connectivity index (χ1n) is 3.47. The van der Waals surface area contributed by atoms with Crippen LogP contribution in [0.5, 0.6) is 0 Å². The highest BCUT2D eigenvalue weighted by molar-refractivity contribution is 5.13. The Morgan fingerprint density at radius 2 is 1.80 bits per heavy atom. The van der Waals surface area contributed by atoms with Crippen molar-refractivity contribution in [3.05, 3.63) is 0 Å². The van der Waals surface area contributed by atoms with Crippen molar-refractivity contribution in [2.75, 3.05) is 13.6 Å². The predicted molar refractivity (Wildman–Crippen MR) is 36.1 cm³/mol. The molecule has 1 saturated carbocycles. The summed E-state index contributed by atoms with van der Waals surface area (Å²) in [5.41, 5.74) is -0.782. The van der Waals surface area contributed by atoms with E-state index in [2.05, 4.69) is 5.32 Å². The lowest BCUT2D eigenvalue weighted by molar-refractivity contribution is 0.0668. The van der Waals surface area contributed by atoms with Crippen LogP contribution in [0.2, 0.25) is 0 Å². The van der Waals surface area contributed by atoms with Gasteiger partial charge in [0.05, 0.1) is 0 Å². The summed E-state index contributed by atoms with van der Waals surface area (Å²) in [6.07, 6.45) is 0. The lowest BCUT2D eigenvalue weighted by atomic mass is 10.1. The van der Waals surface area contributed by atoms with Gasteiger partial charge < -0.3 is 5.32 Å². The largest absolute Gasteiger partial charge is 0.319 e. The zero-order chi connectivity index (χ0) is 7.99. The Hall–Kier alpha value is -0.180. The van der Waals surface area contributed by atoms with Crippen LogP contribution >= 0.6 is 0 Å².